The van der Waals surface area contributed by atoms with Gasteiger partial charge in [0.1, 0.15) is 0 Å². The first-order valence-electron chi connectivity index (χ1n) is 5.12. The second kappa shape index (κ2) is 9.28. The zero-order valence-corrected chi connectivity index (χ0v) is 9.42. The normalized spacial score (nSPS) is 12.7. The maximum absolute atomic E-state index is 10.7. The average molecular weight is 223 g/mol. The van der Waals surface area contributed by atoms with Crippen molar-refractivity contribution < 1.29 is 14.6 Å². The molecule has 0 bridgehead atoms. The number of ether oxygens (including phenoxy) is 1. The molecule has 0 aliphatic carbocycles. The van der Waals surface area contributed by atoms with Crippen molar-refractivity contribution in [3.63, 3.8) is 0 Å². The summed E-state index contributed by atoms with van der Waals surface area (Å²) in [5.74, 6) is -0.537. The Morgan fingerprint density at radius 3 is 2.64 bits per heavy atom. The van der Waals surface area contributed by atoms with Crippen LogP contribution in [-0.2, 0) is 9.53 Å². The summed E-state index contributed by atoms with van der Waals surface area (Å²) in [6.45, 7) is 2.44. The van der Waals surface area contributed by atoms with Crippen molar-refractivity contribution in [3.8, 4) is 0 Å². The summed E-state index contributed by atoms with van der Waals surface area (Å²) in [6, 6.07) is 0. The quantitative estimate of drug-likeness (QED) is 0.482. The van der Waals surface area contributed by atoms with E-state index in [0.717, 1.165) is 25.7 Å². The molecular formula is C10H19ClO3. The van der Waals surface area contributed by atoms with Crippen molar-refractivity contribution in [2.45, 2.75) is 45.1 Å². The first-order valence-corrected chi connectivity index (χ1v) is 5.66. The van der Waals surface area contributed by atoms with Gasteiger partial charge in [0.25, 0.3) is 0 Å². The van der Waals surface area contributed by atoms with Crippen LogP contribution in [0.5, 0.6) is 0 Å². The van der Waals surface area contributed by atoms with Crippen LogP contribution in [0, 0.1) is 0 Å². The summed E-state index contributed by atoms with van der Waals surface area (Å²) in [7, 11) is 0. The van der Waals surface area contributed by atoms with Crippen molar-refractivity contribution in [1.82, 2.24) is 0 Å². The number of rotatable bonds is 9. The average Bonchev–Trinajstić information content (AvgIpc) is 2.16. The third kappa shape index (κ3) is 7.15. The molecule has 3 nitrogen and oxygen atoms in total. The molecule has 4 heteroatoms. The number of carboxylic acids is 1. The number of alkyl halides is 1. The van der Waals surface area contributed by atoms with Gasteiger partial charge < -0.3 is 9.84 Å². The van der Waals surface area contributed by atoms with E-state index in [9.17, 15) is 4.79 Å². The Hall–Kier alpha value is -0.280. The van der Waals surface area contributed by atoms with E-state index in [-0.39, 0.29) is 0 Å². The van der Waals surface area contributed by atoms with Crippen molar-refractivity contribution in [2.75, 3.05) is 12.5 Å². The molecule has 14 heavy (non-hydrogen) atoms. The van der Waals surface area contributed by atoms with E-state index in [4.69, 9.17) is 21.4 Å². The minimum atomic E-state index is -0.883. The fourth-order valence-electron chi connectivity index (χ4n) is 1.22. The van der Waals surface area contributed by atoms with Crippen LogP contribution in [0.2, 0.25) is 0 Å². The van der Waals surface area contributed by atoms with Crippen molar-refractivity contribution in [3.05, 3.63) is 0 Å². The number of carbonyl (C=O) groups is 1. The zero-order valence-electron chi connectivity index (χ0n) is 8.67. The summed E-state index contributed by atoms with van der Waals surface area (Å²) < 4.78 is 5.10. The minimum absolute atomic E-state index is 0.312. The molecule has 0 aromatic rings. The largest absolute Gasteiger partial charge is 0.479 e. The highest BCUT2D eigenvalue weighted by Gasteiger charge is 2.16. The summed E-state index contributed by atoms with van der Waals surface area (Å²) in [6.07, 6.45) is 4.21. The zero-order chi connectivity index (χ0) is 10.8. The number of halogens is 1. The molecule has 0 aromatic carbocycles. The van der Waals surface area contributed by atoms with Crippen molar-refractivity contribution in [2.24, 2.45) is 0 Å². The molecular weight excluding hydrogens is 204 g/mol. The van der Waals surface area contributed by atoms with Crippen molar-refractivity contribution in [1.29, 1.82) is 0 Å². The number of unbranched alkanes of at least 4 members (excludes halogenated alkanes) is 3. The first kappa shape index (κ1) is 13.7. The molecule has 0 saturated heterocycles. The molecule has 0 fully saturated rings. The van der Waals surface area contributed by atoms with Gasteiger partial charge in [0, 0.05) is 5.88 Å². The van der Waals surface area contributed by atoms with Gasteiger partial charge >= 0.3 is 5.97 Å². The smallest absolute Gasteiger partial charge is 0.332 e. The molecule has 84 valence electrons. The topological polar surface area (TPSA) is 46.5 Å². The van der Waals surface area contributed by atoms with E-state index in [1.165, 1.54) is 0 Å². The van der Waals surface area contributed by atoms with E-state index >= 15 is 0 Å². The molecule has 0 saturated carbocycles. The van der Waals surface area contributed by atoms with Gasteiger partial charge in [0.15, 0.2) is 6.10 Å². The third-order valence-electron chi connectivity index (χ3n) is 1.99. The maximum atomic E-state index is 10.7. The molecule has 1 N–H and O–H groups in total. The predicted molar refractivity (Wildman–Crippen MR) is 56.9 cm³/mol. The number of aliphatic carboxylic acids is 1. The lowest BCUT2D eigenvalue weighted by Crippen LogP contribution is -2.24. The molecule has 0 aliphatic rings. The van der Waals surface area contributed by atoms with Gasteiger partial charge in [-0.15, -0.1) is 11.6 Å². The fourth-order valence-corrected chi connectivity index (χ4v) is 1.31. The number of hydrogen-bond acceptors (Lipinski definition) is 2. The molecule has 1 atom stereocenters. The maximum Gasteiger partial charge on any atom is 0.332 e. The van der Waals surface area contributed by atoms with Crippen LogP contribution < -0.4 is 0 Å². The SMILES string of the molecule is CCCCCCC(OCCCl)C(=O)O. The molecule has 0 rings (SSSR count). The Morgan fingerprint density at radius 2 is 2.14 bits per heavy atom. The lowest BCUT2D eigenvalue weighted by atomic mass is 10.1. The molecule has 0 spiro atoms. The molecule has 0 amide bonds. The van der Waals surface area contributed by atoms with Crippen LogP contribution in [0.25, 0.3) is 0 Å². The van der Waals surface area contributed by atoms with Gasteiger partial charge in [-0.3, -0.25) is 0 Å². The van der Waals surface area contributed by atoms with E-state index in [2.05, 4.69) is 6.92 Å². The Labute approximate surface area is 90.4 Å². The highest BCUT2D eigenvalue weighted by atomic mass is 35.5. The van der Waals surface area contributed by atoms with Gasteiger partial charge in [-0.05, 0) is 6.42 Å². The first-order chi connectivity index (χ1) is 6.72. The molecule has 0 aliphatic heterocycles. The Bertz CT molecular complexity index is 150. The summed E-state index contributed by atoms with van der Waals surface area (Å²) in [4.78, 5) is 10.7. The van der Waals surface area contributed by atoms with Gasteiger partial charge in [0.2, 0.25) is 0 Å². The minimum Gasteiger partial charge on any atom is -0.479 e. The second-order valence-corrected chi connectivity index (χ2v) is 3.61. The fraction of sp³-hybridized carbons (Fsp3) is 0.900. The number of carboxylic acid groups (broad SMARTS) is 1. The Kier molecular flexibility index (Phi) is 9.10. The predicted octanol–water partition coefficient (Wildman–Crippen LogP) is 2.67. The monoisotopic (exact) mass is 222 g/mol. The van der Waals surface area contributed by atoms with Gasteiger partial charge in [-0.1, -0.05) is 32.6 Å². The Balaban J connectivity index is 3.57. The van der Waals surface area contributed by atoms with Crippen LogP contribution in [0.1, 0.15) is 39.0 Å². The highest BCUT2D eigenvalue weighted by Crippen LogP contribution is 2.08. The highest BCUT2D eigenvalue weighted by molar-refractivity contribution is 6.17. The summed E-state index contributed by atoms with van der Waals surface area (Å²) in [5.41, 5.74) is 0. The van der Waals surface area contributed by atoms with Crippen LogP contribution in [0.4, 0.5) is 0 Å². The Morgan fingerprint density at radius 1 is 1.43 bits per heavy atom. The molecule has 0 radical (unpaired) electrons. The van der Waals surface area contributed by atoms with Crippen LogP contribution in [0.3, 0.4) is 0 Å². The molecule has 0 heterocycles. The van der Waals surface area contributed by atoms with Crippen molar-refractivity contribution >= 4 is 17.6 Å². The summed E-state index contributed by atoms with van der Waals surface area (Å²) in [5, 5.41) is 8.79. The van der Waals surface area contributed by atoms with E-state index in [0.29, 0.717) is 18.9 Å². The van der Waals surface area contributed by atoms with Crippen LogP contribution in [0.15, 0.2) is 0 Å². The van der Waals surface area contributed by atoms with Crippen LogP contribution >= 0.6 is 11.6 Å². The van der Waals surface area contributed by atoms with E-state index < -0.39 is 12.1 Å². The lowest BCUT2D eigenvalue weighted by Gasteiger charge is -2.12. The summed E-state index contributed by atoms with van der Waals surface area (Å²) >= 11 is 5.42. The second-order valence-electron chi connectivity index (χ2n) is 3.24. The third-order valence-corrected chi connectivity index (χ3v) is 2.15. The van der Waals surface area contributed by atoms with Gasteiger partial charge in [-0.2, -0.15) is 0 Å². The van der Waals surface area contributed by atoms with E-state index in [1.807, 2.05) is 0 Å². The van der Waals surface area contributed by atoms with Gasteiger partial charge in [-0.25, -0.2) is 4.79 Å². The number of hydrogen-bond donors (Lipinski definition) is 1. The standard InChI is InChI=1S/C10H19ClO3/c1-2-3-4-5-6-9(10(12)13)14-8-7-11/h9H,2-8H2,1H3,(H,12,13). The van der Waals surface area contributed by atoms with Gasteiger partial charge in [0.05, 0.1) is 6.61 Å². The lowest BCUT2D eigenvalue weighted by molar-refractivity contribution is -0.150. The molecule has 0 aromatic heterocycles. The van der Waals surface area contributed by atoms with E-state index in [1.54, 1.807) is 0 Å². The van der Waals surface area contributed by atoms with Crippen LogP contribution in [-0.4, -0.2) is 29.7 Å². The molecule has 1 unspecified atom stereocenters.